The zero-order valence-corrected chi connectivity index (χ0v) is 12.1. The van der Waals surface area contributed by atoms with Crippen molar-refractivity contribution < 1.29 is 23.2 Å². The van der Waals surface area contributed by atoms with Crippen LogP contribution in [0.5, 0.6) is 0 Å². The van der Waals surface area contributed by atoms with E-state index in [2.05, 4.69) is 0 Å². The number of carboxylic acid groups (broad SMARTS) is 1. The molecule has 17 heavy (non-hydrogen) atoms. The van der Waals surface area contributed by atoms with E-state index in [1.807, 2.05) is 6.92 Å². The first kappa shape index (κ1) is 16.3. The molecule has 0 aromatic carbocycles. The van der Waals surface area contributed by atoms with Gasteiger partial charge in [-0.15, -0.1) is 0 Å². The van der Waals surface area contributed by atoms with Crippen molar-refractivity contribution in [2.45, 2.75) is 32.2 Å². The number of carboxylic acids is 1. The van der Waals surface area contributed by atoms with E-state index in [4.69, 9.17) is 18.4 Å². The summed E-state index contributed by atoms with van der Waals surface area (Å²) in [6.07, 6.45) is 3.15. The van der Waals surface area contributed by atoms with Crippen molar-refractivity contribution >= 4 is 14.8 Å². The van der Waals surface area contributed by atoms with E-state index in [9.17, 15) is 4.79 Å². The molecule has 0 aliphatic rings. The quantitative estimate of drug-likeness (QED) is 0.536. The van der Waals surface area contributed by atoms with Gasteiger partial charge in [0.15, 0.2) is 0 Å². The maximum Gasteiger partial charge on any atom is 0.503 e. The molecular formula is C11H22O5Si. The van der Waals surface area contributed by atoms with Gasteiger partial charge in [0.05, 0.1) is 0 Å². The number of aliphatic carboxylic acids is 1. The second-order valence-electron chi connectivity index (χ2n) is 3.89. The molecule has 0 aliphatic carbocycles. The Kier molecular flexibility index (Phi) is 7.29. The number of allylic oxidation sites excluding steroid dienone is 1. The molecule has 0 fully saturated rings. The lowest BCUT2D eigenvalue weighted by Gasteiger charge is -2.29. The molecule has 0 saturated carbocycles. The minimum absolute atomic E-state index is 0.125. The Morgan fingerprint density at radius 2 is 1.76 bits per heavy atom. The molecule has 0 aromatic rings. The van der Waals surface area contributed by atoms with Crippen LogP contribution < -0.4 is 0 Å². The van der Waals surface area contributed by atoms with Gasteiger partial charge in [-0.05, 0) is 19.8 Å². The highest BCUT2D eigenvalue weighted by Crippen LogP contribution is 2.28. The average molecular weight is 262 g/mol. The standard InChI is InChI=1S/C11H22O5Si/c1-9(11(12)13)7-6-8-10(2)17(14-3,15-4)16-5/h7,10H,6,8H2,1-5H3,(H,12,13)/b9-7+. The zero-order chi connectivity index (χ0) is 13.5. The average Bonchev–Trinajstić information content (AvgIpc) is 2.31. The van der Waals surface area contributed by atoms with Gasteiger partial charge in [-0.2, -0.15) is 0 Å². The van der Waals surface area contributed by atoms with Gasteiger partial charge < -0.3 is 18.4 Å². The molecule has 0 amide bonds. The lowest BCUT2D eigenvalue weighted by atomic mass is 10.2. The van der Waals surface area contributed by atoms with Crippen LogP contribution in [-0.4, -0.2) is 41.2 Å². The first-order valence-corrected chi connectivity index (χ1v) is 7.29. The Hall–Kier alpha value is -0.693. The topological polar surface area (TPSA) is 65.0 Å². The predicted molar refractivity (Wildman–Crippen MR) is 66.8 cm³/mol. The molecule has 0 spiro atoms. The fourth-order valence-electron chi connectivity index (χ4n) is 1.67. The van der Waals surface area contributed by atoms with Crippen molar-refractivity contribution in [3.8, 4) is 0 Å². The second kappa shape index (κ2) is 7.60. The first-order chi connectivity index (χ1) is 7.93. The predicted octanol–water partition coefficient (Wildman–Crippen LogP) is 2.07. The molecule has 0 rings (SSSR count). The van der Waals surface area contributed by atoms with E-state index in [1.54, 1.807) is 34.3 Å². The van der Waals surface area contributed by atoms with Crippen LogP contribution in [0.25, 0.3) is 0 Å². The highest BCUT2D eigenvalue weighted by Gasteiger charge is 2.43. The molecule has 0 aliphatic heterocycles. The Bertz CT molecular complexity index is 265. The van der Waals surface area contributed by atoms with Crippen molar-refractivity contribution in [3.05, 3.63) is 11.6 Å². The normalized spacial score (nSPS) is 14.8. The Morgan fingerprint density at radius 3 is 2.12 bits per heavy atom. The largest absolute Gasteiger partial charge is 0.503 e. The number of hydrogen-bond acceptors (Lipinski definition) is 4. The van der Waals surface area contributed by atoms with E-state index in [0.29, 0.717) is 12.0 Å². The van der Waals surface area contributed by atoms with Crippen molar-refractivity contribution in [1.82, 2.24) is 0 Å². The molecule has 1 N–H and O–H groups in total. The van der Waals surface area contributed by atoms with Crippen LogP contribution in [0.4, 0.5) is 0 Å². The minimum Gasteiger partial charge on any atom is -0.478 e. The second-order valence-corrected chi connectivity index (χ2v) is 7.30. The van der Waals surface area contributed by atoms with Crippen LogP contribution in [0.3, 0.4) is 0 Å². The van der Waals surface area contributed by atoms with Gasteiger partial charge in [-0.25, -0.2) is 4.79 Å². The molecule has 100 valence electrons. The lowest BCUT2D eigenvalue weighted by Crippen LogP contribution is -2.46. The van der Waals surface area contributed by atoms with E-state index < -0.39 is 14.8 Å². The first-order valence-electron chi connectivity index (χ1n) is 5.49. The molecule has 0 heterocycles. The summed E-state index contributed by atoms with van der Waals surface area (Å²) < 4.78 is 16.1. The molecule has 0 radical (unpaired) electrons. The smallest absolute Gasteiger partial charge is 0.478 e. The summed E-state index contributed by atoms with van der Waals surface area (Å²) in [7, 11) is 2.14. The van der Waals surface area contributed by atoms with Crippen LogP contribution in [-0.2, 0) is 18.1 Å². The van der Waals surface area contributed by atoms with E-state index in [1.165, 1.54) is 0 Å². The van der Waals surface area contributed by atoms with Crippen molar-refractivity contribution in [3.63, 3.8) is 0 Å². The molecule has 1 unspecified atom stereocenters. The number of carbonyl (C=O) groups is 1. The molecular weight excluding hydrogens is 240 g/mol. The molecule has 6 heteroatoms. The van der Waals surface area contributed by atoms with Crippen LogP contribution in [0, 0.1) is 0 Å². The van der Waals surface area contributed by atoms with Gasteiger partial charge in [0.1, 0.15) is 0 Å². The third-order valence-corrected chi connectivity index (χ3v) is 6.05. The van der Waals surface area contributed by atoms with Gasteiger partial charge in [0.25, 0.3) is 0 Å². The monoisotopic (exact) mass is 262 g/mol. The van der Waals surface area contributed by atoms with Crippen LogP contribution in [0.15, 0.2) is 11.6 Å². The van der Waals surface area contributed by atoms with E-state index in [-0.39, 0.29) is 5.54 Å². The van der Waals surface area contributed by atoms with Crippen LogP contribution >= 0.6 is 0 Å². The van der Waals surface area contributed by atoms with E-state index in [0.717, 1.165) is 6.42 Å². The summed E-state index contributed by atoms with van der Waals surface area (Å²) in [5.74, 6) is -0.883. The summed E-state index contributed by atoms with van der Waals surface area (Å²) >= 11 is 0. The molecule has 1 atom stereocenters. The van der Waals surface area contributed by atoms with Gasteiger partial charge in [0.2, 0.25) is 0 Å². The fourth-order valence-corrected chi connectivity index (χ4v) is 3.89. The Morgan fingerprint density at radius 1 is 1.29 bits per heavy atom. The van der Waals surface area contributed by atoms with Crippen molar-refractivity contribution in [2.75, 3.05) is 21.3 Å². The maximum absolute atomic E-state index is 10.6. The SMILES string of the molecule is CO[Si](OC)(OC)C(C)CC/C=C(\C)C(=O)O. The highest BCUT2D eigenvalue weighted by atomic mass is 28.4. The maximum atomic E-state index is 10.6. The van der Waals surface area contributed by atoms with Crippen LogP contribution in [0.2, 0.25) is 5.54 Å². The lowest BCUT2D eigenvalue weighted by molar-refractivity contribution is -0.132. The third-order valence-electron chi connectivity index (χ3n) is 2.84. The fraction of sp³-hybridized carbons (Fsp3) is 0.727. The van der Waals surface area contributed by atoms with Crippen molar-refractivity contribution in [2.24, 2.45) is 0 Å². The van der Waals surface area contributed by atoms with Crippen molar-refractivity contribution in [1.29, 1.82) is 0 Å². The third kappa shape index (κ3) is 4.59. The highest BCUT2D eigenvalue weighted by molar-refractivity contribution is 6.62. The molecule has 0 saturated heterocycles. The molecule has 5 nitrogen and oxygen atoms in total. The minimum atomic E-state index is -2.60. The number of rotatable bonds is 8. The Labute approximate surface area is 104 Å². The van der Waals surface area contributed by atoms with Gasteiger partial charge >= 0.3 is 14.8 Å². The van der Waals surface area contributed by atoms with Crippen LogP contribution in [0.1, 0.15) is 26.7 Å². The summed E-state index contributed by atoms with van der Waals surface area (Å²) in [5.41, 5.74) is 0.483. The molecule has 0 aromatic heterocycles. The van der Waals surface area contributed by atoms with Gasteiger partial charge in [-0.3, -0.25) is 0 Å². The van der Waals surface area contributed by atoms with Gasteiger partial charge in [0, 0.05) is 32.4 Å². The summed E-state index contributed by atoms with van der Waals surface area (Å²) in [6.45, 7) is 3.58. The summed E-state index contributed by atoms with van der Waals surface area (Å²) in [4.78, 5) is 10.6. The van der Waals surface area contributed by atoms with E-state index >= 15 is 0 Å². The zero-order valence-electron chi connectivity index (χ0n) is 11.1. The Balaban J connectivity index is 4.39. The van der Waals surface area contributed by atoms with Gasteiger partial charge in [-0.1, -0.05) is 13.0 Å². The summed E-state index contributed by atoms with van der Waals surface area (Å²) in [6, 6.07) is 0. The summed E-state index contributed by atoms with van der Waals surface area (Å²) in [5, 5.41) is 8.71. The molecule has 0 bridgehead atoms. The number of hydrogen-bond donors (Lipinski definition) is 1.